The summed E-state index contributed by atoms with van der Waals surface area (Å²) in [5, 5.41) is 33.9. The van der Waals surface area contributed by atoms with E-state index in [2.05, 4.69) is 10.6 Å². The second-order valence-corrected chi connectivity index (χ2v) is 10.4. The molecule has 2 amide bonds. The van der Waals surface area contributed by atoms with Crippen LogP contribution in [0.2, 0.25) is 0 Å². The number of carboxylic acids is 2. The van der Waals surface area contributed by atoms with Crippen LogP contribution < -0.4 is 10.6 Å². The molecular formula is C25H37N3O7. The highest BCUT2D eigenvalue weighted by molar-refractivity contribution is 5.88. The largest absolute Gasteiger partial charge is 0.508 e. The van der Waals surface area contributed by atoms with Gasteiger partial charge in [-0.2, -0.15) is 0 Å². The number of hydrogen-bond acceptors (Lipinski definition) is 6. The molecule has 1 aromatic rings. The molecule has 1 aliphatic heterocycles. The molecule has 0 radical (unpaired) electrons. The minimum absolute atomic E-state index is 0.116. The zero-order chi connectivity index (χ0) is 26.3. The molecule has 0 spiro atoms. The molecule has 3 unspecified atom stereocenters. The number of hydrogen-bond donors (Lipinski definition) is 5. The number of aromatic hydroxyl groups is 1. The summed E-state index contributed by atoms with van der Waals surface area (Å²) in [5.74, 6) is -2.98. The summed E-state index contributed by atoms with van der Waals surface area (Å²) in [4.78, 5) is 50.3. The number of carboxylic acid groups (broad SMARTS) is 2. The van der Waals surface area contributed by atoms with E-state index in [1.807, 2.05) is 25.7 Å². The molecule has 1 heterocycles. The molecule has 0 saturated carbocycles. The number of rotatable bonds is 11. The van der Waals surface area contributed by atoms with Gasteiger partial charge in [-0.3, -0.25) is 14.5 Å². The Morgan fingerprint density at radius 1 is 1.03 bits per heavy atom. The average molecular weight is 492 g/mol. The van der Waals surface area contributed by atoms with Crippen LogP contribution in [0.3, 0.4) is 0 Å². The monoisotopic (exact) mass is 491 g/mol. The Bertz CT molecular complexity index is 941. The molecule has 0 fully saturated rings. The number of likely N-dealkylation sites (N-methyl/N-ethyl adjacent to an activating group) is 1. The highest BCUT2D eigenvalue weighted by Crippen LogP contribution is 2.31. The number of aliphatic carboxylic acids is 2. The van der Waals surface area contributed by atoms with Gasteiger partial charge in [-0.15, -0.1) is 0 Å². The normalized spacial score (nSPS) is 17.7. The van der Waals surface area contributed by atoms with Crippen LogP contribution in [0, 0.1) is 5.41 Å². The van der Waals surface area contributed by atoms with Crippen molar-refractivity contribution < 1.29 is 34.5 Å². The maximum absolute atomic E-state index is 13.0. The van der Waals surface area contributed by atoms with Crippen molar-refractivity contribution in [3.05, 3.63) is 29.3 Å². The third kappa shape index (κ3) is 8.54. The van der Waals surface area contributed by atoms with Crippen LogP contribution in [0.4, 0.5) is 0 Å². The van der Waals surface area contributed by atoms with Crippen LogP contribution in [0.25, 0.3) is 0 Å². The Kier molecular flexibility index (Phi) is 9.64. The van der Waals surface area contributed by atoms with Crippen molar-refractivity contribution in [2.45, 2.75) is 77.4 Å². The Morgan fingerprint density at radius 2 is 1.60 bits per heavy atom. The lowest BCUT2D eigenvalue weighted by Gasteiger charge is -2.34. The minimum Gasteiger partial charge on any atom is -0.508 e. The van der Waals surface area contributed by atoms with E-state index in [1.54, 1.807) is 19.2 Å². The van der Waals surface area contributed by atoms with Crippen molar-refractivity contribution in [2.24, 2.45) is 5.41 Å². The van der Waals surface area contributed by atoms with Gasteiger partial charge in [0.1, 0.15) is 23.9 Å². The van der Waals surface area contributed by atoms with E-state index < -0.39 is 36.0 Å². The van der Waals surface area contributed by atoms with Crippen LogP contribution in [-0.2, 0) is 25.6 Å². The number of carbonyl (C=O) groups is 4. The lowest BCUT2D eigenvalue weighted by molar-refractivity contribution is -0.143. The maximum Gasteiger partial charge on any atom is 0.326 e. The lowest BCUT2D eigenvalue weighted by atomic mass is 9.91. The van der Waals surface area contributed by atoms with E-state index in [9.17, 15) is 34.5 Å². The summed E-state index contributed by atoms with van der Waals surface area (Å²) < 4.78 is 0. The standard InChI is InChI=1S/C25H37N3O7/c1-25(2,3)14-20(30)26-18(23(32)33)7-5-6-8-19(24(34)35)27-22(31)21-17-10-9-16(29)13-15(17)11-12-28(21)4/h9-10,13,18-19,21,29H,5-8,11-12,14H2,1-4H3,(H,26,30)(H,27,31)(H,32,33)(H,34,35). The topological polar surface area (TPSA) is 156 Å². The molecule has 0 aromatic heterocycles. The number of nitrogens with zero attached hydrogens (tertiary/aromatic N) is 1. The summed E-state index contributed by atoms with van der Waals surface area (Å²) in [5.41, 5.74) is 1.31. The second kappa shape index (κ2) is 12.0. The Labute approximate surface area is 205 Å². The Balaban J connectivity index is 1.93. The van der Waals surface area contributed by atoms with Crippen molar-refractivity contribution in [3.63, 3.8) is 0 Å². The van der Waals surface area contributed by atoms with Gasteiger partial charge in [0, 0.05) is 13.0 Å². The van der Waals surface area contributed by atoms with Crippen LogP contribution >= 0.6 is 0 Å². The molecule has 0 bridgehead atoms. The molecule has 3 atom stereocenters. The first kappa shape index (κ1) is 28.1. The second-order valence-electron chi connectivity index (χ2n) is 10.4. The van der Waals surface area contributed by atoms with E-state index in [1.165, 1.54) is 6.07 Å². The number of unbranched alkanes of at least 4 members (excludes halogenated alkanes) is 1. The highest BCUT2D eigenvalue weighted by atomic mass is 16.4. The molecule has 35 heavy (non-hydrogen) atoms. The van der Waals surface area contributed by atoms with Gasteiger partial charge in [-0.1, -0.05) is 39.7 Å². The molecule has 1 aromatic carbocycles. The average Bonchev–Trinajstić information content (AvgIpc) is 2.73. The van der Waals surface area contributed by atoms with Crippen molar-refractivity contribution >= 4 is 23.8 Å². The fraction of sp³-hybridized carbons (Fsp3) is 0.600. The summed E-state index contributed by atoms with van der Waals surface area (Å²) in [6.45, 7) is 6.24. The molecule has 194 valence electrons. The number of amides is 2. The van der Waals surface area contributed by atoms with Gasteiger partial charge in [-0.05, 0) is 55.0 Å². The number of benzene rings is 1. The first-order chi connectivity index (χ1) is 16.3. The summed E-state index contributed by atoms with van der Waals surface area (Å²) >= 11 is 0. The van der Waals surface area contributed by atoms with E-state index in [-0.39, 0.29) is 36.3 Å². The van der Waals surface area contributed by atoms with Gasteiger partial charge in [-0.25, -0.2) is 9.59 Å². The van der Waals surface area contributed by atoms with Crippen molar-refractivity contribution in [3.8, 4) is 5.75 Å². The summed E-state index contributed by atoms with van der Waals surface area (Å²) in [7, 11) is 1.79. The molecule has 10 heteroatoms. The first-order valence-electron chi connectivity index (χ1n) is 11.9. The fourth-order valence-electron chi connectivity index (χ4n) is 4.27. The van der Waals surface area contributed by atoms with Gasteiger partial charge in [0.15, 0.2) is 0 Å². The van der Waals surface area contributed by atoms with E-state index in [0.29, 0.717) is 25.8 Å². The smallest absolute Gasteiger partial charge is 0.326 e. The van der Waals surface area contributed by atoms with Gasteiger partial charge in [0.05, 0.1) is 0 Å². The summed E-state index contributed by atoms with van der Waals surface area (Å²) in [6, 6.07) is 1.96. The number of phenolic OH excluding ortho intramolecular Hbond substituents is 1. The Morgan fingerprint density at radius 3 is 2.14 bits per heavy atom. The van der Waals surface area contributed by atoms with E-state index in [0.717, 1.165) is 11.1 Å². The molecule has 2 rings (SSSR count). The quantitative estimate of drug-likeness (QED) is 0.295. The lowest BCUT2D eigenvalue weighted by Crippen LogP contribution is -2.48. The third-order valence-corrected chi connectivity index (χ3v) is 6.02. The minimum atomic E-state index is -1.17. The van der Waals surface area contributed by atoms with Crippen LogP contribution in [0.5, 0.6) is 5.75 Å². The van der Waals surface area contributed by atoms with Crippen LogP contribution in [0.1, 0.15) is 70.0 Å². The molecular weight excluding hydrogens is 454 g/mol. The SMILES string of the molecule is CN1CCc2cc(O)ccc2C1C(=O)NC(CCCCC(NC(=O)CC(C)(C)C)C(=O)O)C(=O)O. The number of nitrogens with one attached hydrogen (secondary N) is 2. The zero-order valence-electron chi connectivity index (χ0n) is 20.8. The summed E-state index contributed by atoms with van der Waals surface area (Å²) in [6.07, 6.45) is 1.89. The number of phenols is 1. The number of fused-ring (bicyclic) bond motifs is 1. The predicted molar refractivity (Wildman–Crippen MR) is 129 cm³/mol. The van der Waals surface area contributed by atoms with E-state index >= 15 is 0 Å². The van der Waals surface area contributed by atoms with Crippen molar-refractivity contribution in [2.75, 3.05) is 13.6 Å². The van der Waals surface area contributed by atoms with Crippen LogP contribution in [-0.4, -0.2) is 69.6 Å². The van der Waals surface area contributed by atoms with Crippen LogP contribution in [0.15, 0.2) is 18.2 Å². The molecule has 10 nitrogen and oxygen atoms in total. The van der Waals surface area contributed by atoms with Gasteiger partial charge in [0.25, 0.3) is 0 Å². The van der Waals surface area contributed by atoms with Gasteiger partial charge >= 0.3 is 11.9 Å². The zero-order valence-corrected chi connectivity index (χ0v) is 20.8. The molecule has 0 saturated heterocycles. The Hall–Kier alpha value is -3.14. The van der Waals surface area contributed by atoms with Gasteiger partial charge < -0.3 is 26.0 Å². The molecule has 1 aliphatic rings. The first-order valence-corrected chi connectivity index (χ1v) is 11.9. The van der Waals surface area contributed by atoms with Crippen molar-refractivity contribution in [1.82, 2.24) is 15.5 Å². The third-order valence-electron chi connectivity index (χ3n) is 6.02. The maximum atomic E-state index is 13.0. The van der Waals surface area contributed by atoms with Gasteiger partial charge in [0.2, 0.25) is 11.8 Å². The highest BCUT2D eigenvalue weighted by Gasteiger charge is 2.33. The van der Waals surface area contributed by atoms with Crippen molar-refractivity contribution in [1.29, 1.82) is 0 Å². The molecule has 5 N–H and O–H groups in total. The predicted octanol–water partition coefficient (Wildman–Crippen LogP) is 2.06. The number of carbonyl (C=O) groups excluding carboxylic acids is 2. The van der Waals surface area contributed by atoms with E-state index in [4.69, 9.17) is 0 Å². The molecule has 0 aliphatic carbocycles. The fourth-order valence-corrected chi connectivity index (χ4v) is 4.27.